The predicted molar refractivity (Wildman–Crippen MR) is 119 cm³/mol. The van der Waals surface area contributed by atoms with Crippen LogP contribution < -0.4 is 0 Å². The van der Waals surface area contributed by atoms with Crippen LogP contribution in [0.2, 0.25) is 0 Å². The summed E-state index contributed by atoms with van der Waals surface area (Å²) < 4.78 is 70.8. The third-order valence-electron chi connectivity index (χ3n) is 5.47. The van der Waals surface area contributed by atoms with Gasteiger partial charge in [-0.15, -0.1) is 0 Å². The highest BCUT2D eigenvalue weighted by molar-refractivity contribution is 5.96. The van der Waals surface area contributed by atoms with Crippen LogP contribution in [0.5, 0.6) is 0 Å². The summed E-state index contributed by atoms with van der Waals surface area (Å²) in [5.74, 6) is -2.54. The summed E-state index contributed by atoms with van der Waals surface area (Å²) in [6.45, 7) is 2.05. The molecular weight excluding hydrogens is 467 g/mol. The minimum Gasteiger partial charge on any atom is -0.327 e. The molecule has 0 saturated heterocycles. The maximum Gasteiger partial charge on any atom is 0.417 e. The number of hydrogen-bond acceptors (Lipinski definition) is 3. The monoisotopic (exact) mass is 488 g/mol. The van der Waals surface area contributed by atoms with Crippen LogP contribution in [0.4, 0.5) is 22.0 Å². The van der Waals surface area contributed by atoms with Gasteiger partial charge in [0, 0.05) is 19.3 Å². The van der Waals surface area contributed by atoms with Crippen LogP contribution in [0, 0.1) is 11.6 Å². The Labute approximate surface area is 197 Å². The van der Waals surface area contributed by atoms with Gasteiger partial charge in [0.25, 0.3) is 5.91 Å². The van der Waals surface area contributed by atoms with Crippen LogP contribution >= 0.6 is 0 Å². The summed E-state index contributed by atoms with van der Waals surface area (Å²) in [5.41, 5.74) is -0.845. The second-order valence-corrected chi connectivity index (χ2v) is 7.97. The second-order valence-electron chi connectivity index (χ2n) is 7.97. The zero-order valence-corrected chi connectivity index (χ0v) is 18.7. The average Bonchev–Trinajstić information content (AvgIpc) is 3.16. The molecule has 1 amide bonds. The third-order valence-corrected chi connectivity index (χ3v) is 5.47. The van der Waals surface area contributed by atoms with Crippen LogP contribution in [0.15, 0.2) is 60.8 Å². The van der Waals surface area contributed by atoms with E-state index in [1.807, 2.05) is 6.92 Å². The Balaban J connectivity index is 1.80. The van der Waals surface area contributed by atoms with Gasteiger partial charge in [-0.3, -0.25) is 4.79 Å². The molecular formula is C25H21F5N4O. The number of carbonyl (C=O) groups is 1. The first kappa shape index (κ1) is 24.3. The number of aromatic nitrogens is 3. The highest BCUT2D eigenvalue weighted by Gasteiger charge is 2.38. The summed E-state index contributed by atoms with van der Waals surface area (Å²) in [6, 6.07) is 11.0. The van der Waals surface area contributed by atoms with Crippen molar-refractivity contribution in [2.45, 2.75) is 39.2 Å². The van der Waals surface area contributed by atoms with E-state index in [0.29, 0.717) is 41.6 Å². The number of alkyl halides is 3. The predicted octanol–water partition coefficient (Wildman–Crippen LogP) is 5.98. The minimum atomic E-state index is -4.94. The van der Waals surface area contributed by atoms with Crippen molar-refractivity contribution in [2.24, 2.45) is 0 Å². The number of nitrogens with zero attached hydrogens (tertiary/aromatic N) is 4. The Morgan fingerprint density at radius 1 is 1.00 bits per heavy atom. The van der Waals surface area contributed by atoms with Crippen molar-refractivity contribution in [1.29, 1.82) is 0 Å². The fraction of sp³-hybridized carbons (Fsp3) is 0.240. The van der Waals surface area contributed by atoms with Crippen LogP contribution in [-0.4, -0.2) is 25.3 Å². The topological polar surface area (TPSA) is 51.0 Å². The summed E-state index contributed by atoms with van der Waals surface area (Å²) in [4.78, 5) is 23.4. The van der Waals surface area contributed by atoms with Crippen molar-refractivity contribution < 1.29 is 26.7 Å². The van der Waals surface area contributed by atoms with Gasteiger partial charge in [0.2, 0.25) is 0 Å². The molecule has 35 heavy (non-hydrogen) atoms. The first-order chi connectivity index (χ1) is 16.7. The van der Waals surface area contributed by atoms with Gasteiger partial charge in [0.05, 0.1) is 17.7 Å². The molecule has 0 aliphatic rings. The smallest absolute Gasteiger partial charge is 0.327 e. The van der Waals surface area contributed by atoms with Gasteiger partial charge in [0.15, 0.2) is 5.65 Å². The quantitative estimate of drug-likeness (QED) is 0.301. The van der Waals surface area contributed by atoms with E-state index in [2.05, 4.69) is 9.97 Å². The highest BCUT2D eigenvalue weighted by atomic mass is 19.4. The van der Waals surface area contributed by atoms with E-state index in [1.165, 1.54) is 24.3 Å². The molecule has 0 aliphatic heterocycles. The van der Waals surface area contributed by atoms with E-state index in [1.54, 1.807) is 22.9 Å². The number of carbonyl (C=O) groups excluding carboxylic acids is 1. The van der Waals surface area contributed by atoms with E-state index >= 15 is 0 Å². The molecule has 0 unspecified atom stereocenters. The van der Waals surface area contributed by atoms with Gasteiger partial charge in [-0.1, -0.05) is 25.1 Å². The molecule has 2 aromatic heterocycles. The Morgan fingerprint density at radius 3 is 2.43 bits per heavy atom. The normalized spacial score (nSPS) is 11.7. The minimum absolute atomic E-state index is 0.187. The molecule has 0 radical (unpaired) electrons. The highest BCUT2D eigenvalue weighted by Crippen LogP contribution is 2.34. The fourth-order valence-electron chi connectivity index (χ4n) is 3.90. The van der Waals surface area contributed by atoms with Gasteiger partial charge < -0.3 is 9.47 Å². The Hall–Kier alpha value is -3.82. The Bertz CT molecular complexity index is 1350. The summed E-state index contributed by atoms with van der Waals surface area (Å²) in [7, 11) is 0. The zero-order chi connectivity index (χ0) is 25.2. The number of imidazole rings is 1. The molecule has 2 heterocycles. The number of benzene rings is 2. The molecule has 2 aromatic carbocycles. The number of halogens is 5. The number of aryl methyl sites for hydroxylation is 1. The molecule has 0 saturated carbocycles. The maximum absolute atomic E-state index is 14.7. The number of pyridine rings is 1. The lowest BCUT2D eigenvalue weighted by molar-refractivity contribution is -0.138. The molecule has 0 spiro atoms. The standard InChI is InChI=1S/C25H21F5N4O/c1-2-13-34-21(32-20-7-4-12-31-23(20)34)15-33(14-16-8-10-17(26)11-9-16)24(35)22-18(25(28,29)30)5-3-6-19(22)27/h3-12H,2,13-15H2,1H3. The average molecular weight is 488 g/mol. The summed E-state index contributed by atoms with van der Waals surface area (Å²) in [5, 5.41) is 0. The molecule has 0 bridgehead atoms. The molecule has 0 fully saturated rings. The van der Waals surface area contributed by atoms with Gasteiger partial charge >= 0.3 is 6.18 Å². The van der Waals surface area contributed by atoms with Crippen molar-refractivity contribution in [2.75, 3.05) is 0 Å². The van der Waals surface area contributed by atoms with E-state index in [-0.39, 0.29) is 13.1 Å². The first-order valence-electron chi connectivity index (χ1n) is 10.9. The van der Waals surface area contributed by atoms with Crippen LogP contribution in [-0.2, 0) is 25.8 Å². The molecule has 182 valence electrons. The number of amides is 1. The van der Waals surface area contributed by atoms with Crippen LogP contribution in [0.25, 0.3) is 11.2 Å². The van der Waals surface area contributed by atoms with Crippen molar-refractivity contribution in [3.63, 3.8) is 0 Å². The van der Waals surface area contributed by atoms with Crippen LogP contribution in [0.3, 0.4) is 0 Å². The van der Waals surface area contributed by atoms with E-state index in [4.69, 9.17) is 0 Å². The SMILES string of the molecule is CCCn1c(CN(Cc2ccc(F)cc2)C(=O)c2c(F)cccc2C(F)(F)F)nc2cccnc21. The summed E-state index contributed by atoms with van der Waals surface area (Å²) >= 11 is 0. The molecule has 4 rings (SSSR count). The maximum atomic E-state index is 14.7. The van der Waals surface area contributed by atoms with Crippen molar-refractivity contribution >= 4 is 17.1 Å². The molecule has 5 nitrogen and oxygen atoms in total. The van der Waals surface area contributed by atoms with Crippen molar-refractivity contribution in [3.05, 3.63) is 94.9 Å². The lowest BCUT2D eigenvalue weighted by atomic mass is 10.0. The van der Waals surface area contributed by atoms with E-state index < -0.39 is 34.8 Å². The van der Waals surface area contributed by atoms with Gasteiger partial charge in [-0.25, -0.2) is 18.7 Å². The van der Waals surface area contributed by atoms with E-state index in [0.717, 1.165) is 17.0 Å². The zero-order valence-electron chi connectivity index (χ0n) is 18.7. The molecule has 0 N–H and O–H groups in total. The molecule has 0 atom stereocenters. The fourth-order valence-corrected chi connectivity index (χ4v) is 3.90. The van der Waals surface area contributed by atoms with Crippen LogP contribution in [0.1, 0.15) is 40.7 Å². The number of rotatable bonds is 7. The lowest BCUT2D eigenvalue weighted by Gasteiger charge is -2.25. The number of hydrogen-bond donors (Lipinski definition) is 0. The summed E-state index contributed by atoms with van der Waals surface area (Å²) in [6.07, 6.45) is -2.63. The molecule has 4 aromatic rings. The van der Waals surface area contributed by atoms with E-state index in [9.17, 15) is 26.7 Å². The Kier molecular flexibility index (Phi) is 6.81. The largest absolute Gasteiger partial charge is 0.417 e. The molecule has 0 aliphatic carbocycles. The van der Waals surface area contributed by atoms with Crippen molar-refractivity contribution in [1.82, 2.24) is 19.4 Å². The Morgan fingerprint density at radius 2 is 1.74 bits per heavy atom. The van der Waals surface area contributed by atoms with Crippen molar-refractivity contribution in [3.8, 4) is 0 Å². The third kappa shape index (κ3) is 5.16. The molecule has 10 heteroatoms. The number of fused-ring (bicyclic) bond motifs is 1. The van der Waals surface area contributed by atoms with Gasteiger partial charge in [-0.2, -0.15) is 13.2 Å². The van der Waals surface area contributed by atoms with Gasteiger partial charge in [-0.05, 0) is 48.4 Å². The lowest BCUT2D eigenvalue weighted by Crippen LogP contribution is -2.33. The second kappa shape index (κ2) is 9.81. The first-order valence-corrected chi connectivity index (χ1v) is 10.9. The van der Waals surface area contributed by atoms with Gasteiger partial charge in [0.1, 0.15) is 23.0 Å².